The van der Waals surface area contributed by atoms with E-state index in [1.54, 1.807) is 0 Å². The van der Waals surface area contributed by atoms with Crippen molar-refractivity contribution in [2.45, 2.75) is 18.9 Å². The molecule has 0 saturated carbocycles. The van der Waals surface area contributed by atoms with Crippen LogP contribution < -0.4 is 15.4 Å². The van der Waals surface area contributed by atoms with Gasteiger partial charge in [-0.15, -0.1) is 12.4 Å². The molecule has 1 fully saturated rings. The molecule has 21 heavy (non-hydrogen) atoms. The van der Waals surface area contributed by atoms with Gasteiger partial charge >= 0.3 is 0 Å². The molecule has 1 aromatic carbocycles. The zero-order valence-electron chi connectivity index (χ0n) is 11.4. The predicted molar refractivity (Wildman–Crippen MR) is 79.9 cm³/mol. The van der Waals surface area contributed by atoms with E-state index in [-0.39, 0.29) is 36.7 Å². The van der Waals surface area contributed by atoms with E-state index in [9.17, 15) is 14.9 Å². The monoisotopic (exact) mass is 315 g/mol. The zero-order valence-corrected chi connectivity index (χ0v) is 12.2. The van der Waals surface area contributed by atoms with E-state index < -0.39 is 4.92 Å². The van der Waals surface area contributed by atoms with Crippen molar-refractivity contribution in [3.8, 4) is 5.75 Å². The van der Waals surface area contributed by atoms with Crippen molar-refractivity contribution in [3.05, 3.63) is 34.4 Å². The highest BCUT2D eigenvalue weighted by Crippen LogP contribution is 2.17. The van der Waals surface area contributed by atoms with Gasteiger partial charge in [0.15, 0.2) is 6.61 Å². The molecule has 0 bridgehead atoms. The van der Waals surface area contributed by atoms with Crippen LogP contribution in [-0.2, 0) is 4.79 Å². The first-order valence-electron chi connectivity index (χ1n) is 6.52. The Bertz CT molecular complexity index is 475. The number of nitro groups is 1. The van der Waals surface area contributed by atoms with E-state index in [1.807, 2.05) is 0 Å². The Labute approximate surface area is 128 Å². The summed E-state index contributed by atoms with van der Waals surface area (Å²) in [6.07, 6.45) is 2.02. The highest BCUT2D eigenvalue weighted by atomic mass is 35.5. The summed E-state index contributed by atoms with van der Waals surface area (Å²) in [5.74, 6) is 0.254. The van der Waals surface area contributed by atoms with E-state index in [2.05, 4.69) is 10.6 Å². The van der Waals surface area contributed by atoms with E-state index in [0.29, 0.717) is 5.75 Å². The number of nitrogens with zero attached hydrogens (tertiary/aromatic N) is 1. The number of ether oxygens (including phenoxy) is 1. The molecule has 1 amide bonds. The summed E-state index contributed by atoms with van der Waals surface area (Å²) >= 11 is 0. The third kappa shape index (κ3) is 5.57. The first kappa shape index (κ1) is 17.2. The maximum atomic E-state index is 11.7. The standard InChI is InChI=1S/C13H17N3O4.ClH/c17-13(15-10-2-1-7-14-8-10)9-20-12-5-3-11(4-6-12)16(18)19;/h3-6,10,14H,1-2,7-9H2,(H,15,17);1H. The summed E-state index contributed by atoms with van der Waals surface area (Å²) in [4.78, 5) is 21.7. The minimum Gasteiger partial charge on any atom is -0.484 e. The fourth-order valence-corrected chi connectivity index (χ4v) is 2.06. The third-order valence-electron chi connectivity index (χ3n) is 3.08. The van der Waals surface area contributed by atoms with Crippen LogP contribution in [0.3, 0.4) is 0 Å². The highest BCUT2D eigenvalue weighted by molar-refractivity contribution is 5.85. The van der Waals surface area contributed by atoms with Crippen molar-refractivity contribution in [3.63, 3.8) is 0 Å². The quantitative estimate of drug-likeness (QED) is 0.630. The van der Waals surface area contributed by atoms with Gasteiger partial charge in [-0.25, -0.2) is 0 Å². The van der Waals surface area contributed by atoms with Crippen LogP contribution in [-0.4, -0.2) is 36.6 Å². The smallest absolute Gasteiger partial charge is 0.269 e. The zero-order chi connectivity index (χ0) is 14.4. The lowest BCUT2D eigenvalue weighted by Crippen LogP contribution is -2.46. The van der Waals surface area contributed by atoms with Gasteiger partial charge in [0, 0.05) is 24.7 Å². The fraction of sp³-hybridized carbons (Fsp3) is 0.462. The number of amides is 1. The number of carbonyl (C=O) groups is 1. The average molecular weight is 316 g/mol. The minimum absolute atomic E-state index is 0. The summed E-state index contributed by atoms with van der Waals surface area (Å²) in [5.41, 5.74) is -0.00455. The van der Waals surface area contributed by atoms with Gasteiger partial charge in [-0.3, -0.25) is 14.9 Å². The molecule has 1 aliphatic heterocycles. The second kappa shape index (κ2) is 8.43. The van der Waals surface area contributed by atoms with Crippen LogP contribution in [0.4, 0.5) is 5.69 Å². The molecule has 8 heteroatoms. The van der Waals surface area contributed by atoms with E-state index in [1.165, 1.54) is 24.3 Å². The van der Waals surface area contributed by atoms with Crippen molar-refractivity contribution < 1.29 is 14.5 Å². The molecule has 1 saturated heterocycles. The first-order valence-corrected chi connectivity index (χ1v) is 6.52. The van der Waals surface area contributed by atoms with Gasteiger partial charge in [-0.05, 0) is 31.5 Å². The number of hydrogen-bond donors (Lipinski definition) is 2. The van der Waals surface area contributed by atoms with Crippen LogP contribution in [0, 0.1) is 10.1 Å². The SMILES string of the molecule is Cl.O=C(COc1ccc([N+](=O)[O-])cc1)NC1CCCNC1. The van der Waals surface area contributed by atoms with Crippen molar-refractivity contribution in [1.29, 1.82) is 0 Å². The lowest BCUT2D eigenvalue weighted by Gasteiger charge is -2.23. The third-order valence-corrected chi connectivity index (χ3v) is 3.08. The normalized spacial score (nSPS) is 17.4. The molecule has 0 spiro atoms. The molecule has 116 valence electrons. The summed E-state index contributed by atoms with van der Waals surface area (Å²) in [6.45, 7) is 1.68. The Morgan fingerprint density at radius 3 is 2.71 bits per heavy atom. The van der Waals surface area contributed by atoms with E-state index in [0.717, 1.165) is 25.9 Å². The van der Waals surface area contributed by atoms with Crippen molar-refractivity contribution in [1.82, 2.24) is 10.6 Å². The second-order valence-corrected chi connectivity index (χ2v) is 4.65. The van der Waals surface area contributed by atoms with Crippen molar-refractivity contribution in [2.24, 2.45) is 0 Å². The number of non-ortho nitro benzene ring substituents is 1. The van der Waals surface area contributed by atoms with Crippen LogP contribution in [0.1, 0.15) is 12.8 Å². The number of carbonyl (C=O) groups excluding carboxylic acids is 1. The van der Waals surface area contributed by atoms with Crippen LogP contribution in [0.15, 0.2) is 24.3 Å². The predicted octanol–water partition coefficient (Wildman–Crippen LogP) is 1.26. The Kier molecular flexibility index (Phi) is 6.90. The topological polar surface area (TPSA) is 93.5 Å². The summed E-state index contributed by atoms with van der Waals surface area (Å²) in [6, 6.07) is 5.80. The Hall–Kier alpha value is -1.86. The fourth-order valence-electron chi connectivity index (χ4n) is 2.06. The van der Waals surface area contributed by atoms with Gasteiger partial charge in [0.25, 0.3) is 11.6 Å². The molecule has 0 radical (unpaired) electrons. The van der Waals surface area contributed by atoms with Crippen LogP contribution >= 0.6 is 12.4 Å². The molecular weight excluding hydrogens is 298 g/mol. The lowest BCUT2D eigenvalue weighted by molar-refractivity contribution is -0.384. The summed E-state index contributed by atoms with van der Waals surface area (Å²) in [5, 5.41) is 16.6. The van der Waals surface area contributed by atoms with Gasteiger partial charge in [0.05, 0.1) is 4.92 Å². The van der Waals surface area contributed by atoms with E-state index >= 15 is 0 Å². The Balaban J connectivity index is 0.00000220. The molecule has 7 nitrogen and oxygen atoms in total. The van der Waals surface area contributed by atoms with Crippen LogP contribution in [0.5, 0.6) is 5.75 Å². The van der Waals surface area contributed by atoms with Gasteiger partial charge in [0.2, 0.25) is 0 Å². The van der Waals surface area contributed by atoms with Gasteiger partial charge < -0.3 is 15.4 Å². The number of benzene rings is 1. The molecule has 2 rings (SSSR count). The maximum absolute atomic E-state index is 11.7. The number of halogens is 1. The summed E-state index contributed by atoms with van der Waals surface area (Å²) in [7, 11) is 0. The van der Waals surface area contributed by atoms with Gasteiger partial charge in [-0.2, -0.15) is 0 Å². The van der Waals surface area contributed by atoms with Crippen molar-refractivity contribution >= 4 is 24.0 Å². The molecule has 1 heterocycles. The number of rotatable bonds is 5. The molecule has 0 aliphatic carbocycles. The molecule has 2 N–H and O–H groups in total. The van der Waals surface area contributed by atoms with Gasteiger partial charge in [0.1, 0.15) is 5.75 Å². The number of nitrogens with one attached hydrogen (secondary N) is 2. The molecule has 1 aromatic rings. The van der Waals surface area contributed by atoms with Gasteiger partial charge in [-0.1, -0.05) is 0 Å². The maximum Gasteiger partial charge on any atom is 0.269 e. The van der Waals surface area contributed by atoms with Crippen molar-refractivity contribution in [2.75, 3.05) is 19.7 Å². The van der Waals surface area contributed by atoms with Crippen LogP contribution in [0.25, 0.3) is 0 Å². The lowest BCUT2D eigenvalue weighted by atomic mass is 10.1. The minimum atomic E-state index is -0.480. The molecular formula is C13H18ClN3O4. The average Bonchev–Trinajstić information content (AvgIpc) is 2.46. The number of hydrogen-bond acceptors (Lipinski definition) is 5. The highest BCUT2D eigenvalue weighted by Gasteiger charge is 2.15. The second-order valence-electron chi connectivity index (χ2n) is 4.65. The number of nitro benzene ring substituents is 1. The summed E-state index contributed by atoms with van der Waals surface area (Å²) < 4.78 is 5.29. The largest absolute Gasteiger partial charge is 0.484 e. The molecule has 1 aliphatic rings. The molecule has 1 unspecified atom stereocenters. The van der Waals surface area contributed by atoms with Crippen LogP contribution in [0.2, 0.25) is 0 Å². The Morgan fingerprint density at radius 1 is 1.43 bits per heavy atom. The van der Waals surface area contributed by atoms with E-state index in [4.69, 9.17) is 4.74 Å². The number of piperidine rings is 1. The molecule has 0 aromatic heterocycles. The first-order chi connectivity index (χ1) is 9.65. The Morgan fingerprint density at radius 2 is 2.14 bits per heavy atom. The molecule has 1 atom stereocenters.